The number of ether oxygens (including phenoxy) is 6. The van der Waals surface area contributed by atoms with Crippen molar-refractivity contribution < 1.29 is 47.6 Å². The number of hydrogen-bond donors (Lipinski definition) is 0. The van der Waals surface area contributed by atoms with Gasteiger partial charge < -0.3 is 28.4 Å². The average molecular weight is 734 g/mol. The molecule has 4 rings (SSSR count). The summed E-state index contributed by atoms with van der Waals surface area (Å²) >= 11 is 0. The molecule has 0 saturated carbocycles. The summed E-state index contributed by atoms with van der Waals surface area (Å²) < 4.78 is 32.3. The molecule has 0 aliphatic heterocycles. The van der Waals surface area contributed by atoms with Crippen molar-refractivity contribution in [1.29, 1.82) is 0 Å². The lowest BCUT2D eigenvalue weighted by Gasteiger charge is -2.09. The van der Waals surface area contributed by atoms with E-state index in [0.29, 0.717) is 98.3 Å². The van der Waals surface area contributed by atoms with Crippen molar-refractivity contribution in [3.05, 3.63) is 139 Å². The summed E-state index contributed by atoms with van der Waals surface area (Å²) in [6, 6.07) is 27.4. The van der Waals surface area contributed by atoms with Gasteiger partial charge in [0.1, 0.15) is 23.0 Å². The molecule has 4 aromatic carbocycles. The van der Waals surface area contributed by atoms with Gasteiger partial charge in [-0.1, -0.05) is 20.1 Å². The van der Waals surface area contributed by atoms with Gasteiger partial charge in [-0.15, -0.1) is 0 Å². The Morgan fingerprint density at radius 3 is 1.30 bits per heavy atom. The number of aliphatic imine (C=N–C) groups is 1. The van der Waals surface area contributed by atoms with E-state index >= 15 is 0 Å². The fourth-order valence-corrected chi connectivity index (χ4v) is 4.77. The maximum atomic E-state index is 12.7. The van der Waals surface area contributed by atoms with E-state index in [1.165, 1.54) is 0 Å². The van der Waals surface area contributed by atoms with Crippen molar-refractivity contribution in [2.75, 3.05) is 26.4 Å². The van der Waals surface area contributed by atoms with Gasteiger partial charge in [0, 0.05) is 17.9 Å². The zero-order chi connectivity index (χ0) is 38.5. The monoisotopic (exact) mass is 733 g/mol. The Morgan fingerprint density at radius 1 is 0.519 bits per heavy atom. The Morgan fingerprint density at radius 2 is 0.889 bits per heavy atom. The van der Waals surface area contributed by atoms with Crippen molar-refractivity contribution in [1.82, 2.24) is 0 Å². The van der Waals surface area contributed by atoms with Gasteiger partial charge in [-0.25, -0.2) is 19.2 Å². The summed E-state index contributed by atoms with van der Waals surface area (Å²) in [6.07, 6.45) is 5.65. The fraction of sp³-hybridized carbons (Fsp3) is 0.233. The Labute approximate surface area is 314 Å². The molecule has 0 atom stereocenters. The highest BCUT2D eigenvalue weighted by Crippen LogP contribution is 2.23. The normalized spacial score (nSPS) is 10.8. The van der Waals surface area contributed by atoms with E-state index in [1.54, 1.807) is 84.9 Å². The van der Waals surface area contributed by atoms with Gasteiger partial charge in [-0.3, -0.25) is 4.99 Å². The summed E-state index contributed by atoms with van der Waals surface area (Å²) in [5.41, 5.74) is 3.13. The van der Waals surface area contributed by atoms with Crippen molar-refractivity contribution in [3.8, 4) is 23.0 Å². The SMILES string of the molecule is C=CC(=O)OCCCCOc1ccc(C(=O)Oc2ccc(N=C(CC)c3ccc(OC(=O)c4ccc(OCCCCOC(=O)C=C)cc4)cc3)cc2)cc1. The zero-order valence-corrected chi connectivity index (χ0v) is 30.2. The smallest absolute Gasteiger partial charge is 0.343 e. The molecule has 0 aliphatic rings. The number of rotatable bonds is 21. The fourth-order valence-electron chi connectivity index (χ4n) is 4.77. The Bertz CT molecular complexity index is 1880. The van der Waals surface area contributed by atoms with Crippen LogP contribution < -0.4 is 18.9 Å². The molecule has 0 aromatic heterocycles. The molecule has 0 amide bonds. The van der Waals surface area contributed by atoms with Crippen LogP contribution in [-0.2, 0) is 19.1 Å². The molecule has 0 aliphatic carbocycles. The highest BCUT2D eigenvalue weighted by atomic mass is 16.5. The minimum absolute atomic E-state index is 0.305. The second-order valence-electron chi connectivity index (χ2n) is 11.6. The van der Waals surface area contributed by atoms with Gasteiger partial charge in [0.25, 0.3) is 0 Å². The number of esters is 4. The molecule has 4 aromatic rings. The topological polar surface area (TPSA) is 136 Å². The molecule has 11 heteroatoms. The molecule has 54 heavy (non-hydrogen) atoms. The molecule has 0 fully saturated rings. The molecule has 0 radical (unpaired) electrons. The van der Waals surface area contributed by atoms with Crippen LogP contribution in [0, 0.1) is 0 Å². The molecular weight excluding hydrogens is 690 g/mol. The third-order valence-corrected chi connectivity index (χ3v) is 7.66. The zero-order valence-electron chi connectivity index (χ0n) is 30.2. The molecule has 0 unspecified atom stereocenters. The van der Waals surface area contributed by atoms with Gasteiger partial charge in [0.05, 0.1) is 43.2 Å². The lowest BCUT2D eigenvalue weighted by Crippen LogP contribution is -2.09. The summed E-state index contributed by atoms with van der Waals surface area (Å²) in [7, 11) is 0. The van der Waals surface area contributed by atoms with E-state index in [9.17, 15) is 19.2 Å². The predicted octanol–water partition coefficient (Wildman–Crippen LogP) is 8.43. The van der Waals surface area contributed by atoms with Crippen LogP contribution in [-0.4, -0.2) is 56.0 Å². The highest BCUT2D eigenvalue weighted by molar-refractivity contribution is 6.02. The van der Waals surface area contributed by atoms with Crippen LogP contribution in [0.4, 0.5) is 5.69 Å². The predicted molar refractivity (Wildman–Crippen MR) is 204 cm³/mol. The minimum atomic E-state index is -0.503. The third kappa shape index (κ3) is 13.6. The first-order valence-electron chi connectivity index (χ1n) is 17.5. The number of hydrogen-bond acceptors (Lipinski definition) is 11. The van der Waals surface area contributed by atoms with Crippen LogP contribution in [0.2, 0.25) is 0 Å². The highest BCUT2D eigenvalue weighted by Gasteiger charge is 2.12. The molecular formula is C43H43NO10. The Balaban J connectivity index is 1.22. The van der Waals surface area contributed by atoms with Gasteiger partial charge in [-0.05, 0) is 135 Å². The summed E-state index contributed by atoms with van der Waals surface area (Å²) in [5, 5.41) is 0. The van der Waals surface area contributed by atoms with Crippen LogP contribution in [0.15, 0.2) is 127 Å². The standard InChI is InChI=1S/C43H43NO10/c1-4-39(31-11-23-37(24-12-31)53-42(47)32-13-19-35(20-14-32)49-27-7-9-29-51-40(45)5-2)44-34-17-25-38(26-18-34)54-43(48)33-15-21-36(22-16-33)50-28-8-10-30-52-41(46)6-3/h5-6,11-26H,2-4,7-10,27-30H2,1H3. The quantitative estimate of drug-likeness (QED) is 0.0270. The van der Waals surface area contributed by atoms with Gasteiger partial charge >= 0.3 is 23.9 Å². The number of benzene rings is 4. The lowest BCUT2D eigenvalue weighted by atomic mass is 10.1. The van der Waals surface area contributed by atoms with Crippen molar-refractivity contribution in [2.24, 2.45) is 4.99 Å². The molecule has 0 heterocycles. The van der Waals surface area contributed by atoms with E-state index in [4.69, 9.17) is 33.4 Å². The first-order valence-corrected chi connectivity index (χ1v) is 17.5. The largest absolute Gasteiger partial charge is 0.494 e. The van der Waals surface area contributed by atoms with Crippen LogP contribution in [0.5, 0.6) is 23.0 Å². The van der Waals surface area contributed by atoms with Crippen molar-refractivity contribution in [2.45, 2.75) is 39.0 Å². The first-order chi connectivity index (χ1) is 26.3. The van der Waals surface area contributed by atoms with E-state index in [1.807, 2.05) is 19.1 Å². The number of nitrogens with zero attached hydrogens (tertiary/aromatic N) is 1. The molecule has 0 saturated heterocycles. The summed E-state index contributed by atoms with van der Waals surface area (Å²) in [5.74, 6) is 0.115. The molecule has 11 nitrogen and oxygen atoms in total. The maximum absolute atomic E-state index is 12.7. The van der Waals surface area contributed by atoms with Gasteiger partial charge in [0.2, 0.25) is 0 Å². The minimum Gasteiger partial charge on any atom is -0.494 e. The molecule has 0 bridgehead atoms. The van der Waals surface area contributed by atoms with Gasteiger partial charge in [-0.2, -0.15) is 0 Å². The van der Waals surface area contributed by atoms with E-state index < -0.39 is 23.9 Å². The first kappa shape index (κ1) is 40.3. The number of carbonyl (C=O) groups is 4. The van der Waals surface area contributed by atoms with E-state index in [-0.39, 0.29) is 0 Å². The summed E-state index contributed by atoms with van der Waals surface area (Å²) in [4.78, 5) is 52.3. The van der Waals surface area contributed by atoms with Crippen molar-refractivity contribution in [3.63, 3.8) is 0 Å². The van der Waals surface area contributed by atoms with Crippen LogP contribution in [0.1, 0.15) is 65.3 Å². The third-order valence-electron chi connectivity index (χ3n) is 7.66. The van der Waals surface area contributed by atoms with Crippen LogP contribution in [0.25, 0.3) is 0 Å². The average Bonchev–Trinajstić information content (AvgIpc) is 3.20. The lowest BCUT2D eigenvalue weighted by molar-refractivity contribution is -0.138. The Kier molecular flexibility index (Phi) is 16.2. The van der Waals surface area contributed by atoms with E-state index in [0.717, 1.165) is 23.4 Å². The summed E-state index contributed by atoms with van der Waals surface area (Å²) in [6.45, 7) is 10.2. The number of unbranched alkanes of at least 4 members (excludes halogenated alkanes) is 2. The maximum Gasteiger partial charge on any atom is 0.343 e. The van der Waals surface area contributed by atoms with E-state index in [2.05, 4.69) is 13.2 Å². The molecule has 0 N–H and O–H groups in total. The molecule has 280 valence electrons. The molecule has 0 spiro atoms. The second kappa shape index (κ2) is 21.8. The number of carbonyl (C=O) groups excluding carboxylic acids is 4. The second-order valence-corrected chi connectivity index (χ2v) is 11.6. The Hall–Kier alpha value is -6.49. The van der Waals surface area contributed by atoms with Crippen LogP contribution in [0.3, 0.4) is 0 Å². The van der Waals surface area contributed by atoms with Crippen molar-refractivity contribution >= 4 is 35.3 Å². The van der Waals surface area contributed by atoms with Crippen LogP contribution >= 0.6 is 0 Å². The van der Waals surface area contributed by atoms with Gasteiger partial charge in [0.15, 0.2) is 0 Å².